The lowest BCUT2D eigenvalue weighted by Gasteiger charge is -2.13. The van der Waals surface area contributed by atoms with Crippen LogP contribution in [0.4, 0.5) is 24.5 Å². The second-order valence-electron chi connectivity index (χ2n) is 3.31. The molecule has 0 aliphatic heterocycles. The largest absolute Gasteiger partial charge is 0.573 e. The number of nitrogen functional groups attached to an aromatic ring is 1. The van der Waals surface area contributed by atoms with E-state index in [4.69, 9.17) is 24.4 Å². The van der Waals surface area contributed by atoms with Crippen LogP contribution in [-0.4, -0.2) is 18.0 Å². The molecule has 8 heteroatoms. The Kier molecular flexibility index (Phi) is 4.83. The van der Waals surface area contributed by atoms with Crippen molar-refractivity contribution in [3.05, 3.63) is 18.2 Å². The summed E-state index contributed by atoms with van der Waals surface area (Å²) in [5.41, 5.74) is 5.99. The Morgan fingerprint density at radius 3 is 2.68 bits per heavy atom. The smallest absolute Gasteiger partial charge is 0.406 e. The fraction of sp³-hybridized carbons (Fsp3) is 0.182. The molecule has 4 nitrogen and oxygen atoms in total. The van der Waals surface area contributed by atoms with Gasteiger partial charge in [-0.2, -0.15) is 0 Å². The standard InChI is InChI=1S/C11H10F3N3OS/c1-2-5-16-10(19)17-9-4-3-7(6-8(9)15)18-11(12,13)14/h1,3-4,6H,5,15H2,(H2,16,17,19). The number of hydrogen-bond acceptors (Lipinski definition) is 3. The molecule has 0 amide bonds. The lowest BCUT2D eigenvalue weighted by molar-refractivity contribution is -0.274. The number of alkyl halides is 3. The van der Waals surface area contributed by atoms with Gasteiger partial charge in [0.25, 0.3) is 0 Å². The number of terminal acetylenes is 1. The summed E-state index contributed by atoms with van der Waals surface area (Å²) in [6.45, 7) is 0.223. The molecule has 19 heavy (non-hydrogen) atoms. The average molecular weight is 289 g/mol. The molecule has 1 aromatic rings. The minimum Gasteiger partial charge on any atom is -0.406 e. The Morgan fingerprint density at radius 1 is 1.47 bits per heavy atom. The van der Waals surface area contributed by atoms with E-state index < -0.39 is 12.1 Å². The van der Waals surface area contributed by atoms with Gasteiger partial charge >= 0.3 is 6.36 Å². The molecule has 0 radical (unpaired) electrons. The van der Waals surface area contributed by atoms with Gasteiger partial charge in [-0.05, 0) is 24.4 Å². The van der Waals surface area contributed by atoms with Crippen LogP contribution in [-0.2, 0) is 0 Å². The van der Waals surface area contributed by atoms with Crippen LogP contribution in [0.3, 0.4) is 0 Å². The third-order valence-corrected chi connectivity index (χ3v) is 2.10. The van der Waals surface area contributed by atoms with Crippen molar-refractivity contribution in [1.82, 2.24) is 5.32 Å². The number of benzene rings is 1. The van der Waals surface area contributed by atoms with E-state index in [0.717, 1.165) is 12.1 Å². The maximum Gasteiger partial charge on any atom is 0.573 e. The van der Waals surface area contributed by atoms with Crippen LogP contribution in [0.15, 0.2) is 18.2 Å². The van der Waals surface area contributed by atoms with Gasteiger partial charge in [-0.1, -0.05) is 5.92 Å². The number of thiocarbonyl (C=S) groups is 1. The molecule has 1 aromatic carbocycles. The van der Waals surface area contributed by atoms with Crippen molar-refractivity contribution in [3.63, 3.8) is 0 Å². The zero-order valence-corrected chi connectivity index (χ0v) is 10.4. The van der Waals surface area contributed by atoms with E-state index in [-0.39, 0.29) is 17.3 Å². The Bertz CT molecular complexity index is 511. The molecule has 0 saturated heterocycles. The van der Waals surface area contributed by atoms with Gasteiger partial charge in [0.15, 0.2) is 5.11 Å². The molecule has 0 atom stereocenters. The van der Waals surface area contributed by atoms with Crippen LogP contribution in [0.2, 0.25) is 0 Å². The molecule has 1 rings (SSSR count). The molecular formula is C11H10F3N3OS. The molecular weight excluding hydrogens is 279 g/mol. The lowest BCUT2D eigenvalue weighted by atomic mass is 10.2. The highest BCUT2D eigenvalue weighted by atomic mass is 32.1. The quantitative estimate of drug-likeness (QED) is 0.452. The van der Waals surface area contributed by atoms with Gasteiger partial charge in [0.1, 0.15) is 5.75 Å². The van der Waals surface area contributed by atoms with Crippen molar-refractivity contribution in [2.24, 2.45) is 0 Å². The van der Waals surface area contributed by atoms with E-state index in [1.807, 2.05) is 0 Å². The van der Waals surface area contributed by atoms with Gasteiger partial charge in [-0.25, -0.2) is 0 Å². The molecule has 0 aliphatic rings. The summed E-state index contributed by atoms with van der Waals surface area (Å²) in [5, 5.41) is 5.59. The molecule has 0 aromatic heterocycles. The minimum absolute atomic E-state index is 0.0617. The predicted octanol–water partition coefficient (Wildman–Crippen LogP) is 2.09. The van der Waals surface area contributed by atoms with Gasteiger partial charge in [0.05, 0.1) is 17.9 Å². The van der Waals surface area contributed by atoms with E-state index >= 15 is 0 Å². The first-order valence-corrected chi connectivity index (χ1v) is 5.36. The molecule has 0 spiro atoms. The van der Waals surface area contributed by atoms with E-state index in [1.54, 1.807) is 0 Å². The molecule has 4 N–H and O–H groups in total. The maximum atomic E-state index is 12.0. The lowest BCUT2D eigenvalue weighted by Crippen LogP contribution is -2.28. The normalized spacial score (nSPS) is 10.4. The van der Waals surface area contributed by atoms with Crippen molar-refractivity contribution in [2.75, 3.05) is 17.6 Å². The van der Waals surface area contributed by atoms with Crippen LogP contribution < -0.4 is 21.1 Å². The third kappa shape index (κ3) is 5.35. The summed E-state index contributed by atoms with van der Waals surface area (Å²) < 4.78 is 39.7. The van der Waals surface area contributed by atoms with Crippen LogP contribution in [0.25, 0.3) is 0 Å². The fourth-order valence-electron chi connectivity index (χ4n) is 1.15. The maximum absolute atomic E-state index is 12.0. The Labute approximate surface area is 113 Å². The topological polar surface area (TPSA) is 59.3 Å². The molecule has 0 bridgehead atoms. The molecule has 102 valence electrons. The van der Waals surface area contributed by atoms with Crippen molar-refractivity contribution in [1.29, 1.82) is 0 Å². The first-order valence-electron chi connectivity index (χ1n) is 4.95. The summed E-state index contributed by atoms with van der Waals surface area (Å²) in [6.07, 6.45) is 0.272. The zero-order chi connectivity index (χ0) is 14.5. The van der Waals surface area contributed by atoms with Crippen LogP contribution in [0.1, 0.15) is 0 Å². The highest BCUT2D eigenvalue weighted by Crippen LogP contribution is 2.28. The highest BCUT2D eigenvalue weighted by molar-refractivity contribution is 7.80. The second-order valence-corrected chi connectivity index (χ2v) is 3.72. The van der Waals surface area contributed by atoms with Gasteiger partial charge in [-0.3, -0.25) is 0 Å². The molecule has 0 aliphatic carbocycles. The number of ether oxygens (including phenoxy) is 1. The number of nitrogens with two attached hydrogens (primary N) is 1. The first-order chi connectivity index (χ1) is 8.81. The number of hydrogen-bond donors (Lipinski definition) is 3. The van der Waals surface area contributed by atoms with Crippen LogP contribution in [0.5, 0.6) is 5.75 Å². The monoisotopic (exact) mass is 289 g/mol. The number of anilines is 2. The van der Waals surface area contributed by atoms with Crippen molar-refractivity contribution < 1.29 is 17.9 Å². The van der Waals surface area contributed by atoms with Crippen LogP contribution >= 0.6 is 12.2 Å². The van der Waals surface area contributed by atoms with Gasteiger partial charge in [0, 0.05) is 6.07 Å². The Morgan fingerprint density at radius 2 is 2.16 bits per heavy atom. The summed E-state index contributed by atoms with van der Waals surface area (Å²) in [4.78, 5) is 0. The molecule has 0 fully saturated rings. The summed E-state index contributed by atoms with van der Waals surface area (Å²) in [6, 6.07) is 3.48. The average Bonchev–Trinajstić information content (AvgIpc) is 2.28. The summed E-state index contributed by atoms with van der Waals surface area (Å²) in [5.74, 6) is 1.91. The number of nitrogens with one attached hydrogen (secondary N) is 2. The molecule has 0 saturated carbocycles. The van der Waals surface area contributed by atoms with Gasteiger partial charge < -0.3 is 21.1 Å². The van der Waals surface area contributed by atoms with E-state index in [1.165, 1.54) is 6.07 Å². The van der Waals surface area contributed by atoms with Gasteiger partial charge in [0.2, 0.25) is 0 Å². The summed E-state index contributed by atoms with van der Waals surface area (Å²) >= 11 is 4.90. The number of halogens is 3. The van der Waals surface area contributed by atoms with Crippen molar-refractivity contribution in [3.8, 4) is 18.1 Å². The molecule has 0 heterocycles. The van der Waals surface area contributed by atoms with Crippen molar-refractivity contribution in [2.45, 2.75) is 6.36 Å². The van der Waals surface area contributed by atoms with Crippen LogP contribution in [0, 0.1) is 12.3 Å². The van der Waals surface area contributed by atoms with E-state index in [2.05, 4.69) is 21.3 Å². The number of rotatable bonds is 3. The SMILES string of the molecule is C#CCNC(=S)Nc1ccc(OC(F)(F)F)cc1N. The van der Waals surface area contributed by atoms with E-state index in [9.17, 15) is 13.2 Å². The van der Waals surface area contributed by atoms with Crippen molar-refractivity contribution >= 4 is 28.7 Å². The first kappa shape index (κ1) is 14.9. The third-order valence-electron chi connectivity index (χ3n) is 1.86. The second kappa shape index (κ2) is 6.15. The van der Waals surface area contributed by atoms with Gasteiger partial charge in [-0.15, -0.1) is 19.6 Å². The predicted molar refractivity (Wildman–Crippen MR) is 70.6 cm³/mol. The Hall–Kier alpha value is -2.14. The minimum atomic E-state index is -4.76. The highest BCUT2D eigenvalue weighted by Gasteiger charge is 2.31. The fourth-order valence-corrected chi connectivity index (χ4v) is 1.33. The zero-order valence-electron chi connectivity index (χ0n) is 9.54. The Balaban J connectivity index is 2.73. The van der Waals surface area contributed by atoms with E-state index in [0.29, 0.717) is 5.69 Å². The molecule has 0 unspecified atom stereocenters. The summed E-state index contributed by atoms with van der Waals surface area (Å²) in [7, 11) is 0.